The Morgan fingerprint density at radius 2 is 1.66 bits per heavy atom. The van der Waals surface area contributed by atoms with Crippen molar-refractivity contribution in [3.63, 3.8) is 0 Å². The molecule has 1 saturated heterocycles. The molecule has 3 N–H and O–H groups in total. The lowest BCUT2D eigenvalue weighted by Gasteiger charge is -2.41. The van der Waals surface area contributed by atoms with Gasteiger partial charge in [-0.05, 0) is 46.0 Å². The summed E-state index contributed by atoms with van der Waals surface area (Å²) in [5.74, 6) is -3.26. The minimum Gasteiger partial charge on any atom is -0.459 e. The molecule has 0 aromatic carbocycles. The molecule has 8 atom stereocenters. The van der Waals surface area contributed by atoms with Crippen molar-refractivity contribution in [2.45, 2.75) is 91.1 Å². The summed E-state index contributed by atoms with van der Waals surface area (Å²) in [6, 6.07) is 0. The maximum absolute atomic E-state index is 12.8. The van der Waals surface area contributed by atoms with Crippen molar-refractivity contribution in [1.82, 2.24) is 0 Å². The number of methoxy groups -OCH3 is 1. The van der Waals surface area contributed by atoms with Gasteiger partial charge < -0.3 is 25.1 Å². The molecule has 29 heavy (non-hydrogen) atoms. The SMILES string of the molecule is CC[C@H]1OC(=O)[C@H](C)C(=O)[C@H](C)C[C@](C)(OC)C[C@@H](C)C(=N)[C@H](C)[C@@H](O)[C@]1(C)O. The molecular weight excluding hydrogens is 374 g/mol. The van der Waals surface area contributed by atoms with E-state index < -0.39 is 47.1 Å². The van der Waals surface area contributed by atoms with Gasteiger partial charge in [0.25, 0.3) is 0 Å². The lowest BCUT2D eigenvalue weighted by molar-refractivity contribution is -0.186. The second-order valence-electron chi connectivity index (χ2n) is 9.24. The van der Waals surface area contributed by atoms with Gasteiger partial charge in [0.2, 0.25) is 0 Å². The summed E-state index contributed by atoms with van der Waals surface area (Å²) < 4.78 is 11.2. The van der Waals surface area contributed by atoms with Crippen LogP contribution in [0.4, 0.5) is 0 Å². The minimum absolute atomic E-state index is 0.231. The van der Waals surface area contributed by atoms with Crippen LogP contribution in [0.1, 0.15) is 67.7 Å². The van der Waals surface area contributed by atoms with Gasteiger partial charge >= 0.3 is 5.97 Å². The maximum atomic E-state index is 12.8. The van der Waals surface area contributed by atoms with Crippen LogP contribution in [-0.2, 0) is 19.1 Å². The third-order valence-electron chi connectivity index (χ3n) is 6.61. The Morgan fingerprint density at radius 1 is 1.14 bits per heavy atom. The van der Waals surface area contributed by atoms with Crippen LogP contribution in [0.2, 0.25) is 0 Å². The molecule has 0 aliphatic carbocycles. The van der Waals surface area contributed by atoms with Gasteiger partial charge in [-0.1, -0.05) is 27.7 Å². The van der Waals surface area contributed by atoms with Crippen LogP contribution in [0.25, 0.3) is 0 Å². The first-order valence-electron chi connectivity index (χ1n) is 10.5. The van der Waals surface area contributed by atoms with Crippen LogP contribution < -0.4 is 0 Å². The highest BCUT2D eigenvalue weighted by Crippen LogP contribution is 2.34. The number of Topliss-reactive ketones (excluding diaryl/α,β-unsaturated/α-hetero) is 1. The Kier molecular flexibility index (Phi) is 8.57. The maximum Gasteiger partial charge on any atom is 0.316 e. The number of ether oxygens (including phenoxy) is 2. The third kappa shape index (κ3) is 5.64. The van der Waals surface area contributed by atoms with Gasteiger partial charge in [0.15, 0.2) is 0 Å². The van der Waals surface area contributed by atoms with Crippen molar-refractivity contribution in [2.24, 2.45) is 23.7 Å². The van der Waals surface area contributed by atoms with E-state index in [0.717, 1.165) is 0 Å². The Bertz CT molecular complexity index is 618. The molecule has 0 aromatic heterocycles. The normalized spacial score (nSPS) is 43.6. The smallest absolute Gasteiger partial charge is 0.316 e. The van der Waals surface area contributed by atoms with E-state index in [1.54, 1.807) is 27.9 Å². The first-order valence-corrected chi connectivity index (χ1v) is 10.5. The summed E-state index contributed by atoms with van der Waals surface area (Å²) in [7, 11) is 1.57. The van der Waals surface area contributed by atoms with Crippen LogP contribution in [0.3, 0.4) is 0 Å². The van der Waals surface area contributed by atoms with Crippen LogP contribution in [0.5, 0.6) is 0 Å². The van der Waals surface area contributed by atoms with Crippen molar-refractivity contribution in [1.29, 1.82) is 5.41 Å². The molecule has 0 bridgehead atoms. The van der Waals surface area contributed by atoms with Crippen LogP contribution in [-0.4, -0.2) is 58.2 Å². The highest BCUT2D eigenvalue weighted by molar-refractivity contribution is 5.99. The summed E-state index contributed by atoms with van der Waals surface area (Å²) in [5, 5.41) is 30.5. The highest BCUT2D eigenvalue weighted by atomic mass is 16.6. The molecule has 7 nitrogen and oxygen atoms in total. The topological polar surface area (TPSA) is 117 Å². The Hall–Kier alpha value is -1.31. The lowest BCUT2D eigenvalue weighted by Crippen LogP contribution is -2.56. The van der Waals surface area contributed by atoms with E-state index in [-0.39, 0.29) is 23.8 Å². The van der Waals surface area contributed by atoms with E-state index in [1.165, 1.54) is 13.8 Å². The van der Waals surface area contributed by atoms with Gasteiger partial charge in [0, 0.05) is 24.7 Å². The number of nitrogens with one attached hydrogen (secondary N) is 1. The molecule has 168 valence electrons. The minimum atomic E-state index is -1.76. The molecule has 0 saturated carbocycles. The fourth-order valence-corrected chi connectivity index (χ4v) is 4.47. The molecule has 0 amide bonds. The zero-order chi connectivity index (χ0) is 22.7. The lowest BCUT2D eigenvalue weighted by atomic mass is 9.75. The fourth-order valence-electron chi connectivity index (χ4n) is 4.47. The van der Waals surface area contributed by atoms with Crippen LogP contribution in [0, 0.1) is 29.1 Å². The van der Waals surface area contributed by atoms with E-state index in [0.29, 0.717) is 12.8 Å². The quantitative estimate of drug-likeness (QED) is 0.473. The number of esters is 1. The van der Waals surface area contributed by atoms with Crippen molar-refractivity contribution < 1.29 is 29.3 Å². The van der Waals surface area contributed by atoms with E-state index in [1.807, 2.05) is 13.8 Å². The molecule has 1 aliphatic heterocycles. The zero-order valence-corrected chi connectivity index (χ0v) is 19.1. The number of aliphatic hydroxyl groups is 2. The number of carbonyl (C=O) groups excluding carboxylic acids is 2. The molecule has 0 radical (unpaired) electrons. The first kappa shape index (κ1) is 25.7. The molecule has 1 rings (SSSR count). The number of ketones is 1. The molecule has 0 aromatic rings. The molecular formula is C22H39NO6. The van der Waals surface area contributed by atoms with Gasteiger partial charge in [-0.3, -0.25) is 9.59 Å². The summed E-state index contributed by atoms with van der Waals surface area (Å²) in [6.45, 7) is 11.9. The van der Waals surface area contributed by atoms with Gasteiger partial charge in [0.1, 0.15) is 23.4 Å². The number of cyclic esters (lactones) is 1. The first-order chi connectivity index (χ1) is 13.2. The van der Waals surface area contributed by atoms with E-state index in [9.17, 15) is 19.8 Å². The molecule has 1 aliphatic rings. The molecule has 1 heterocycles. The Balaban J connectivity index is 3.40. The average Bonchev–Trinajstić information content (AvgIpc) is 2.67. The number of carbonyl (C=O) groups is 2. The third-order valence-corrected chi connectivity index (χ3v) is 6.61. The van der Waals surface area contributed by atoms with Gasteiger partial charge in [0.05, 0.1) is 11.7 Å². The number of rotatable bonds is 2. The summed E-state index contributed by atoms with van der Waals surface area (Å²) in [5.41, 5.74) is -2.15. The van der Waals surface area contributed by atoms with Crippen molar-refractivity contribution in [3.8, 4) is 0 Å². The van der Waals surface area contributed by atoms with E-state index in [4.69, 9.17) is 14.9 Å². The fraction of sp³-hybridized carbons (Fsp3) is 0.864. The highest BCUT2D eigenvalue weighted by Gasteiger charge is 2.46. The second kappa shape index (κ2) is 9.67. The van der Waals surface area contributed by atoms with Gasteiger partial charge in [-0.15, -0.1) is 0 Å². The summed E-state index contributed by atoms with van der Waals surface area (Å²) in [4.78, 5) is 25.5. The zero-order valence-electron chi connectivity index (χ0n) is 19.1. The van der Waals surface area contributed by atoms with Crippen LogP contribution >= 0.6 is 0 Å². The van der Waals surface area contributed by atoms with E-state index >= 15 is 0 Å². The monoisotopic (exact) mass is 413 g/mol. The van der Waals surface area contributed by atoms with Crippen molar-refractivity contribution in [3.05, 3.63) is 0 Å². The molecule has 7 heteroatoms. The van der Waals surface area contributed by atoms with Crippen molar-refractivity contribution >= 4 is 17.5 Å². The van der Waals surface area contributed by atoms with Crippen molar-refractivity contribution in [2.75, 3.05) is 7.11 Å². The molecule has 1 fully saturated rings. The number of hydrogen-bond donors (Lipinski definition) is 3. The Morgan fingerprint density at radius 3 is 2.14 bits per heavy atom. The van der Waals surface area contributed by atoms with Crippen LogP contribution in [0.15, 0.2) is 0 Å². The van der Waals surface area contributed by atoms with Gasteiger partial charge in [-0.25, -0.2) is 0 Å². The number of hydrogen-bond acceptors (Lipinski definition) is 7. The van der Waals surface area contributed by atoms with Gasteiger partial charge in [-0.2, -0.15) is 0 Å². The summed E-state index contributed by atoms with van der Waals surface area (Å²) >= 11 is 0. The summed E-state index contributed by atoms with van der Waals surface area (Å²) in [6.07, 6.45) is -1.15. The average molecular weight is 414 g/mol. The standard InChI is InChI=1S/C22H39NO6/c1-9-16-22(7,27)19(25)14(4)17(23)12(2)10-21(6,28-8)11-13(3)18(24)15(5)20(26)29-16/h12-16,19,23,25,27H,9-11H2,1-8H3/t12-,13-,14+,15-,16-,19-,21-,22-/m1/s1. The largest absolute Gasteiger partial charge is 0.459 e. The molecule has 0 unspecified atom stereocenters. The predicted molar refractivity (Wildman–Crippen MR) is 111 cm³/mol. The second-order valence-corrected chi connectivity index (χ2v) is 9.24. The Labute approximate surface area is 174 Å². The number of aliphatic hydroxyl groups excluding tert-OH is 1. The van der Waals surface area contributed by atoms with E-state index in [2.05, 4.69) is 0 Å². The predicted octanol–water partition coefficient (Wildman–Crippen LogP) is 2.75. The molecule has 0 spiro atoms.